The van der Waals surface area contributed by atoms with Gasteiger partial charge in [0.15, 0.2) is 5.78 Å². The molecular weight excluding hydrogens is 482 g/mol. The van der Waals surface area contributed by atoms with Crippen LogP contribution in [0.25, 0.3) is 10.9 Å². The standard InChI is InChI=1S/C28H20ClNO6/c29-21-11-12-22-20(16-21)17-23(30-22)27(35)28(36-25(33)13-14-31,26(34)19-9-5-2-6-10-19)24(32)15-18-7-3-1-4-8-18/h1-12,14,16-17,30H,13,15H2. The number of hydrogen-bond acceptors (Lipinski definition) is 6. The van der Waals surface area contributed by atoms with Gasteiger partial charge in [-0.05, 0) is 29.8 Å². The molecule has 0 spiro atoms. The van der Waals surface area contributed by atoms with Crippen LogP contribution in [0.15, 0.2) is 84.9 Å². The molecule has 1 aromatic heterocycles. The summed E-state index contributed by atoms with van der Waals surface area (Å²) in [5.74, 6) is -4.18. The van der Waals surface area contributed by atoms with E-state index in [0.717, 1.165) is 0 Å². The molecule has 0 amide bonds. The number of hydrogen-bond donors (Lipinski definition) is 1. The lowest BCUT2D eigenvalue weighted by Gasteiger charge is -2.29. The summed E-state index contributed by atoms with van der Waals surface area (Å²) in [5, 5.41) is 0.978. The topological polar surface area (TPSA) is 110 Å². The minimum atomic E-state index is -2.86. The molecule has 1 N–H and O–H groups in total. The molecule has 0 aliphatic carbocycles. The zero-order valence-corrected chi connectivity index (χ0v) is 19.7. The van der Waals surface area contributed by atoms with Crippen molar-refractivity contribution in [3.63, 3.8) is 0 Å². The van der Waals surface area contributed by atoms with Crippen LogP contribution in [-0.4, -0.2) is 40.2 Å². The highest BCUT2D eigenvalue weighted by Gasteiger charge is 2.56. The highest BCUT2D eigenvalue weighted by atomic mass is 35.5. The van der Waals surface area contributed by atoms with Crippen molar-refractivity contribution in [2.75, 3.05) is 0 Å². The fourth-order valence-electron chi connectivity index (χ4n) is 3.90. The van der Waals surface area contributed by atoms with Gasteiger partial charge in [-0.15, -0.1) is 0 Å². The van der Waals surface area contributed by atoms with Crippen LogP contribution in [0.2, 0.25) is 5.02 Å². The number of carbonyl (C=O) groups is 5. The van der Waals surface area contributed by atoms with Gasteiger partial charge in [0.1, 0.15) is 12.7 Å². The summed E-state index contributed by atoms with van der Waals surface area (Å²) in [6.07, 6.45) is -0.833. The van der Waals surface area contributed by atoms with Gasteiger partial charge in [0.05, 0.1) is 5.69 Å². The van der Waals surface area contributed by atoms with Gasteiger partial charge < -0.3 is 14.5 Å². The Hall–Kier alpha value is -4.36. The fraction of sp³-hybridized carbons (Fsp3) is 0.107. The highest BCUT2D eigenvalue weighted by molar-refractivity contribution is 6.37. The maximum Gasteiger partial charge on any atom is 0.314 e. The molecule has 0 radical (unpaired) electrons. The van der Waals surface area contributed by atoms with E-state index in [9.17, 15) is 24.0 Å². The van der Waals surface area contributed by atoms with Gasteiger partial charge in [-0.1, -0.05) is 72.3 Å². The molecule has 8 heteroatoms. The molecule has 3 aromatic carbocycles. The Morgan fingerprint density at radius 1 is 0.861 bits per heavy atom. The van der Waals surface area contributed by atoms with Crippen LogP contribution < -0.4 is 0 Å². The Bertz CT molecular complexity index is 1460. The molecular formula is C28H20ClNO6. The van der Waals surface area contributed by atoms with Crippen LogP contribution in [-0.2, 0) is 25.5 Å². The first-order valence-electron chi connectivity index (χ1n) is 11.0. The number of halogens is 1. The molecule has 0 fully saturated rings. The first-order chi connectivity index (χ1) is 17.3. The molecule has 7 nitrogen and oxygen atoms in total. The summed E-state index contributed by atoms with van der Waals surface area (Å²) in [4.78, 5) is 68.2. The summed E-state index contributed by atoms with van der Waals surface area (Å²) >= 11 is 6.06. The molecule has 0 bridgehead atoms. The van der Waals surface area contributed by atoms with Crippen LogP contribution in [0.5, 0.6) is 0 Å². The lowest BCUT2D eigenvalue weighted by molar-refractivity contribution is -0.158. The van der Waals surface area contributed by atoms with E-state index < -0.39 is 35.3 Å². The molecule has 0 aliphatic heterocycles. The molecule has 1 heterocycles. The van der Waals surface area contributed by atoms with Crippen molar-refractivity contribution in [2.24, 2.45) is 0 Å². The largest absolute Gasteiger partial charge is 0.433 e. The Morgan fingerprint density at radius 3 is 2.19 bits per heavy atom. The van der Waals surface area contributed by atoms with Crippen LogP contribution >= 0.6 is 11.6 Å². The lowest BCUT2D eigenvalue weighted by atomic mass is 9.81. The summed E-state index contributed by atoms with van der Waals surface area (Å²) in [7, 11) is 0. The van der Waals surface area contributed by atoms with Gasteiger partial charge >= 0.3 is 5.97 Å². The third kappa shape index (κ3) is 4.87. The van der Waals surface area contributed by atoms with E-state index in [2.05, 4.69) is 4.98 Å². The number of benzene rings is 3. The molecule has 180 valence electrons. The third-order valence-electron chi connectivity index (χ3n) is 5.62. The maximum absolute atomic E-state index is 14.0. The molecule has 1 atom stereocenters. The molecule has 4 aromatic rings. The predicted octanol–water partition coefficient (Wildman–Crippen LogP) is 4.57. The minimum Gasteiger partial charge on any atom is -0.433 e. The zero-order chi connectivity index (χ0) is 25.7. The van der Waals surface area contributed by atoms with Crippen molar-refractivity contribution in [2.45, 2.75) is 18.4 Å². The number of Topliss-reactive ketones (excluding diaryl/α,β-unsaturated/α-hetero) is 3. The minimum absolute atomic E-state index is 0.00896. The number of ketones is 3. The molecule has 0 saturated heterocycles. The lowest BCUT2D eigenvalue weighted by Crippen LogP contribution is -2.57. The summed E-state index contributed by atoms with van der Waals surface area (Å²) < 4.78 is 5.40. The van der Waals surface area contributed by atoms with E-state index >= 15 is 0 Å². The maximum atomic E-state index is 14.0. The zero-order valence-electron chi connectivity index (χ0n) is 18.9. The number of fused-ring (bicyclic) bond motifs is 1. The third-order valence-corrected chi connectivity index (χ3v) is 5.86. The highest BCUT2D eigenvalue weighted by Crippen LogP contribution is 2.29. The smallest absolute Gasteiger partial charge is 0.314 e. The average Bonchev–Trinajstić information content (AvgIpc) is 3.31. The van der Waals surface area contributed by atoms with Crippen molar-refractivity contribution in [3.05, 3.63) is 107 Å². The molecule has 0 saturated carbocycles. The second kappa shape index (κ2) is 10.5. The second-order valence-corrected chi connectivity index (χ2v) is 8.49. The first kappa shape index (κ1) is 24.8. The van der Waals surface area contributed by atoms with Crippen LogP contribution in [0.4, 0.5) is 0 Å². The van der Waals surface area contributed by atoms with Crippen molar-refractivity contribution in [1.29, 1.82) is 0 Å². The number of nitrogens with one attached hydrogen (secondary N) is 1. The normalized spacial score (nSPS) is 12.5. The number of carbonyl (C=O) groups excluding carboxylic acids is 5. The van der Waals surface area contributed by atoms with Gasteiger partial charge in [0.25, 0.3) is 5.60 Å². The van der Waals surface area contributed by atoms with E-state index in [1.165, 1.54) is 18.2 Å². The van der Waals surface area contributed by atoms with E-state index in [1.807, 2.05) is 0 Å². The van der Waals surface area contributed by atoms with E-state index in [1.54, 1.807) is 66.7 Å². The average molecular weight is 502 g/mol. The van der Waals surface area contributed by atoms with Gasteiger partial charge in [0, 0.05) is 27.9 Å². The molecule has 1 unspecified atom stereocenters. The number of rotatable bonds is 10. The summed E-state index contributed by atoms with van der Waals surface area (Å²) in [6, 6.07) is 22.3. The van der Waals surface area contributed by atoms with Gasteiger partial charge in [-0.3, -0.25) is 19.2 Å². The fourth-order valence-corrected chi connectivity index (χ4v) is 4.08. The van der Waals surface area contributed by atoms with Crippen LogP contribution in [0, 0.1) is 0 Å². The van der Waals surface area contributed by atoms with Crippen LogP contribution in [0.1, 0.15) is 32.8 Å². The number of aldehydes is 1. The van der Waals surface area contributed by atoms with Crippen molar-refractivity contribution < 1.29 is 28.7 Å². The van der Waals surface area contributed by atoms with E-state index in [4.69, 9.17) is 16.3 Å². The van der Waals surface area contributed by atoms with Crippen molar-refractivity contribution >= 4 is 52.1 Å². The van der Waals surface area contributed by atoms with Gasteiger partial charge in [-0.25, -0.2) is 0 Å². The predicted molar refractivity (Wildman–Crippen MR) is 133 cm³/mol. The number of esters is 1. The number of aromatic nitrogens is 1. The second-order valence-electron chi connectivity index (χ2n) is 8.05. The molecule has 4 rings (SSSR count). The monoisotopic (exact) mass is 501 g/mol. The summed E-state index contributed by atoms with van der Waals surface area (Å²) in [5.41, 5.74) is -1.96. The van der Waals surface area contributed by atoms with Gasteiger partial charge in [-0.2, -0.15) is 0 Å². The van der Waals surface area contributed by atoms with Crippen LogP contribution in [0.3, 0.4) is 0 Å². The van der Waals surface area contributed by atoms with E-state index in [-0.39, 0.29) is 24.0 Å². The number of H-pyrrole nitrogens is 1. The van der Waals surface area contributed by atoms with Gasteiger partial charge in [0.2, 0.25) is 11.6 Å². The van der Waals surface area contributed by atoms with E-state index in [0.29, 0.717) is 21.5 Å². The first-order valence-corrected chi connectivity index (χ1v) is 11.4. The van der Waals surface area contributed by atoms with Crippen molar-refractivity contribution in [3.8, 4) is 0 Å². The summed E-state index contributed by atoms with van der Waals surface area (Å²) in [6.45, 7) is 0. The quantitative estimate of drug-likeness (QED) is 0.147. The molecule has 36 heavy (non-hydrogen) atoms. The number of ether oxygens (including phenoxy) is 1. The SMILES string of the molecule is O=CCC(=O)OC(C(=O)Cc1ccccc1)(C(=O)c1ccccc1)C(=O)c1cc2cc(Cl)ccc2[nH]1. The van der Waals surface area contributed by atoms with Crippen molar-refractivity contribution in [1.82, 2.24) is 4.98 Å². The Morgan fingerprint density at radius 2 is 1.53 bits per heavy atom. The number of aromatic amines is 1. The Kier molecular flexibility index (Phi) is 7.22. The molecule has 0 aliphatic rings. The Balaban J connectivity index is 1.91. The Labute approximate surface area is 211 Å².